The van der Waals surface area contributed by atoms with Crippen LogP contribution in [0, 0.1) is 0 Å². The largest absolute Gasteiger partial charge is 0.454 e. The van der Waals surface area contributed by atoms with Gasteiger partial charge in [-0.3, -0.25) is 4.79 Å². The third-order valence-electron chi connectivity index (χ3n) is 4.65. The third kappa shape index (κ3) is 7.06. The monoisotopic (exact) mass is 360 g/mol. The SMILES string of the molecule is CCCCCCCCCCCC(=O)N/N=C(\C)c1ccc2c(c1)OCO2. The van der Waals surface area contributed by atoms with Gasteiger partial charge in [-0.2, -0.15) is 5.10 Å². The summed E-state index contributed by atoms with van der Waals surface area (Å²) in [6.07, 6.45) is 11.8. The van der Waals surface area contributed by atoms with Crippen LogP contribution in [0.2, 0.25) is 0 Å². The molecule has 26 heavy (non-hydrogen) atoms. The van der Waals surface area contributed by atoms with Gasteiger partial charge in [0.25, 0.3) is 0 Å². The number of fused-ring (bicyclic) bond motifs is 1. The lowest BCUT2D eigenvalue weighted by molar-refractivity contribution is -0.121. The van der Waals surface area contributed by atoms with Gasteiger partial charge in [0.2, 0.25) is 12.7 Å². The van der Waals surface area contributed by atoms with E-state index >= 15 is 0 Å². The van der Waals surface area contributed by atoms with Crippen LogP contribution in [0.3, 0.4) is 0 Å². The maximum atomic E-state index is 11.9. The quantitative estimate of drug-likeness (QED) is 0.317. The van der Waals surface area contributed by atoms with E-state index in [2.05, 4.69) is 17.5 Å². The fourth-order valence-corrected chi connectivity index (χ4v) is 2.98. The molecule has 5 nitrogen and oxygen atoms in total. The Morgan fingerprint density at radius 2 is 1.65 bits per heavy atom. The van der Waals surface area contributed by atoms with Gasteiger partial charge in [-0.05, 0) is 31.5 Å². The molecular weight excluding hydrogens is 328 g/mol. The number of hydrazone groups is 1. The van der Waals surface area contributed by atoms with Crippen LogP contribution in [-0.2, 0) is 4.79 Å². The van der Waals surface area contributed by atoms with E-state index in [0.717, 1.165) is 35.6 Å². The van der Waals surface area contributed by atoms with Crippen LogP contribution in [-0.4, -0.2) is 18.4 Å². The van der Waals surface area contributed by atoms with Gasteiger partial charge in [0.1, 0.15) is 0 Å². The highest BCUT2D eigenvalue weighted by atomic mass is 16.7. The first-order chi connectivity index (χ1) is 12.7. The summed E-state index contributed by atoms with van der Waals surface area (Å²) in [7, 11) is 0. The number of benzene rings is 1. The number of unbranched alkanes of at least 4 members (excludes halogenated alkanes) is 8. The van der Waals surface area contributed by atoms with Crippen molar-refractivity contribution in [3.63, 3.8) is 0 Å². The highest BCUT2D eigenvalue weighted by Crippen LogP contribution is 2.32. The Labute approximate surface area is 157 Å². The first kappa shape index (κ1) is 20.3. The van der Waals surface area contributed by atoms with E-state index in [4.69, 9.17) is 9.47 Å². The van der Waals surface area contributed by atoms with Crippen molar-refractivity contribution in [2.75, 3.05) is 6.79 Å². The van der Waals surface area contributed by atoms with E-state index in [-0.39, 0.29) is 12.7 Å². The lowest BCUT2D eigenvalue weighted by atomic mass is 10.1. The number of hydrogen-bond acceptors (Lipinski definition) is 4. The average molecular weight is 360 g/mol. The summed E-state index contributed by atoms with van der Waals surface area (Å²) in [5, 5.41) is 4.20. The first-order valence-corrected chi connectivity index (χ1v) is 9.94. The number of rotatable bonds is 12. The number of ether oxygens (including phenoxy) is 2. The molecule has 1 N–H and O–H groups in total. The zero-order chi connectivity index (χ0) is 18.6. The molecule has 0 spiro atoms. The molecule has 0 aliphatic carbocycles. The molecule has 5 heteroatoms. The lowest BCUT2D eigenvalue weighted by Gasteiger charge is -2.05. The number of carbonyl (C=O) groups excluding carboxylic acids is 1. The zero-order valence-corrected chi connectivity index (χ0v) is 16.2. The third-order valence-corrected chi connectivity index (χ3v) is 4.65. The van der Waals surface area contributed by atoms with Gasteiger partial charge < -0.3 is 9.47 Å². The molecule has 0 radical (unpaired) electrons. The molecule has 0 saturated carbocycles. The lowest BCUT2D eigenvalue weighted by Crippen LogP contribution is -2.18. The van der Waals surface area contributed by atoms with Crippen LogP contribution < -0.4 is 14.9 Å². The van der Waals surface area contributed by atoms with E-state index in [0.29, 0.717) is 6.42 Å². The topological polar surface area (TPSA) is 59.9 Å². The Morgan fingerprint density at radius 3 is 2.38 bits per heavy atom. The fourth-order valence-electron chi connectivity index (χ4n) is 2.98. The zero-order valence-electron chi connectivity index (χ0n) is 16.2. The van der Waals surface area contributed by atoms with Crippen LogP contribution in [0.5, 0.6) is 11.5 Å². The molecular formula is C21H32N2O3. The molecule has 144 valence electrons. The van der Waals surface area contributed by atoms with Crippen LogP contribution in [0.15, 0.2) is 23.3 Å². The maximum absolute atomic E-state index is 11.9. The minimum atomic E-state index is -0.0203. The Kier molecular flexibility index (Phi) is 9.01. The maximum Gasteiger partial charge on any atom is 0.240 e. The van der Waals surface area contributed by atoms with E-state index in [1.54, 1.807) is 0 Å². The van der Waals surface area contributed by atoms with Gasteiger partial charge in [-0.1, -0.05) is 58.3 Å². The van der Waals surface area contributed by atoms with Crippen LogP contribution in [0.25, 0.3) is 0 Å². The van der Waals surface area contributed by atoms with Crippen molar-refractivity contribution in [2.45, 2.75) is 78.1 Å². The number of amides is 1. The molecule has 0 unspecified atom stereocenters. The predicted octanol–water partition coefficient (Wildman–Crippen LogP) is 5.18. The van der Waals surface area contributed by atoms with Crippen LogP contribution in [0.4, 0.5) is 0 Å². The first-order valence-electron chi connectivity index (χ1n) is 9.94. The Hall–Kier alpha value is -2.04. The summed E-state index contributed by atoms with van der Waals surface area (Å²) in [6, 6.07) is 5.66. The molecule has 0 bridgehead atoms. The molecule has 1 aromatic rings. The standard InChI is InChI=1S/C21H32N2O3/c1-3-4-5-6-7-8-9-10-11-12-21(24)23-22-17(2)18-13-14-19-20(15-18)26-16-25-19/h13-15H,3-12,16H2,1-2H3,(H,23,24)/b22-17+. The van der Waals surface area contributed by atoms with Crippen LogP contribution >= 0.6 is 0 Å². The predicted molar refractivity (Wildman–Crippen MR) is 105 cm³/mol. The number of hydrogen-bond donors (Lipinski definition) is 1. The molecule has 1 aliphatic heterocycles. The Bertz CT molecular complexity index is 599. The van der Waals surface area contributed by atoms with Gasteiger partial charge >= 0.3 is 0 Å². The summed E-state index contributed by atoms with van der Waals surface area (Å²) < 4.78 is 10.7. The summed E-state index contributed by atoms with van der Waals surface area (Å²) in [5.41, 5.74) is 4.32. The van der Waals surface area contributed by atoms with Crippen molar-refractivity contribution >= 4 is 11.6 Å². The number of carbonyl (C=O) groups is 1. The van der Waals surface area contributed by atoms with E-state index < -0.39 is 0 Å². The highest BCUT2D eigenvalue weighted by molar-refractivity contribution is 5.99. The van der Waals surface area contributed by atoms with Gasteiger partial charge in [-0.15, -0.1) is 0 Å². The van der Waals surface area contributed by atoms with Crippen molar-refractivity contribution in [1.82, 2.24) is 5.43 Å². The molecule has 0 atom stereocenters. The molecule has 1 aliphatic rings. The Morgan fingerprint density at radius 1 is 1.00 bits per heavy atom. The van der Waals surface area contributed by atoms with Crippen molar-refractivity contribution in [1.29, 1.82) is 0 Å². The second-order valence-electron chi connectivity index (χ2n) is 6.88. The summed E-state index contributed by atoms with van der Waals surface area (Å²) in [4.78, 5) is 11.9. The molecule has 0 aromatic heterocycles. The van der Waals surface area contributed by atoms with Gasteiger partial charge in [-0.25, -0.2) is 5.43 Å². The minimum Gasteiger partial charge on any atom is -0.454 e. The molecule has 1 amide bonds. The van der Waals surface area contributed by atoms with E-state index in [1.165, 1.54) is 44.9 Å². The smallest absolute Gasteiger partial charge is 0.240 e. The van der Waals surface area contributed by atoms with Gasteiger partial charge in [0, 0.05) is 12.0 Å². The number of nitrogens with one attached hydrogen (secondary N) is 1. The Balaban J connectivity index is 1.58. The molecule has 2 rings (SSSR count). The fraction of sp³-hybridized carbons (Fsp3) is 0.619. The summed E-state index contributed by atoms with van der Waals surface area (Å²) >= 11 is 0. The molecule has 1 heterocycles. The molecule has 0 fully saturated rings. The second-order valence-corrected chi connectivity index (χ2v) is 6.88. The van der Waals surface area contributed by atoms with E-state index in [9.17, 15) is 4.79 Å². The second kappa shape index (κ2) is 11.6. The van der Waals surface area contributed by atoms with E-state index in [1.807, 2.05) is 25.1 Å². The normalized spacial score (nSPS) is 13.1. The highest BCUT2D eigenvalue weighted by Gasteiger charge is 2.14. The van der Waals surface area contributed by atoms with Crippen LogP contribution in [0.1, 0.15) is 83.6 Å². The van der Waals surface area contributed by atoms with Crippen molar-refractivity contribution in [3.05, 3.63) is 23.8 Å². The average Bonchev–Trinajstić information content (AvgIpc) is 3.12. The molecule has 1 aromatic carbocycles. The number of nitrogens with zero attached hydrogens (tertiary/aromatic N) is 1. The minimum absolute atomic E-state index is 0.0203. The summed E-state index contributed by atoms with van der Waals surface area (Å²) in [5.74, 6) is 1.45. The summed E-state index contributed by atoms with van der Waals surface area (Å²) in [6.45, 7) is 4.37. The van der Waals surface area contributed by atoms with Gasteiger partial charge in [0.05, 0.1) is 5.71 Å². The van der Waals surface area contributed by atoms with Crippen molar-refractivity contribution in [3.8, 4) is 11.5 Å². The van der Waals surface area contributed by atoms with Crippen molar-refractivity contribution in [2.24, 2.45) is 5.10 Å². The van der Waals surface area contributed by atoms with Gasteiger partial charge in [0.15, 0.2) is 11.5 Å². The van der Waals surface area contributed by atoms with Crippen molar-refractivity contribution < 1.29 is 14.3 Å². The molecule has 0 saturated heterocycles.